The Balaban J connectivity index is 4.67. The predicted octanol–water partition coefficient (Wildman–Crippen LogP) is 2.62. The van der Waals surface area contributed by atoms with Gasteiger partial charge in [0, 0.05) is 6.42 Å². The Labute approximate surface area is 96.9 Å². The van der Waals surface area contributed by atoms with E-state index in [4.69, 9.17) is 14.3 Å². The zero-order chi connectivity index (χ0) is 12.7. The quantitative estimate of drug-likeness (QED) is 0.444. The lowest BCUT2D eigenvalue weighted by atomic mass is 10.0. The molecule has 0 amide bonds. The van der Waals surface area contributed by atoms with Gasteiger partial charge in [-0.2, -0.15) is 0 Å². The van der Waals surface area contributed by atoms with E-state index in [2.05, 4.69) is 11.8 Å². The number of rotatable bonds is 5. The molecule has 0 saturated heterocycles. The second-order valence-corrected chi connectivity index (χ2v) is 4.74. The number of allylic oxidation sites excluding steroid dienone is 2. The fourth-order valence-electron chi connectivity index (χ4n) is 1.19. The minimum absolute atomic E-state index is 0.454. The summed E-state index contributed by atoms with van der Waals surface area (Å²) in [5, 5.41) is 0. The van der Waals surface area contributed by atoms with Crippen LogP contribution in [0.15, 0.2) is 12.2 Å². The summed E-state index contributed by atoms with van der Waals surface area (Å²) in [4.78, 5) is 17.6. The Hall–Kier alpha value is -0.590. The first-order valence-electron chi connectivity index (χ1n) is 5.20. The molecular weight excluding hydrogens is 227 g/mol. The van der Waals surface area contributed by atoms with Gasteiger partial charge in [0.15, 0.2) is 0 Å². The van der Waals surface area contributed by atoms with Crippen LogP contribution in [0.2, 0.25) is 0 Å². The Morgan fingerprint density at radius 3 is 2.56 bits per heavy atom. The molecule has 0 saturated carbocycles. The van der Waals surface area contributed by atoms with Crippen LogP contribution in [0.1, 0.15) is 40.0 Å². The fourth-order valence-corrected chi connectivity index (χ4v) is 1.86. The molecule has 1 unspecified atom stereocenters. The minimum Gasteiger partial charge on any atom is -0.303 e. The zero-order valence-corrected chi connectivity index (χ0v) is 10.8. The molecule has 16 heavy (non-hydrogen) atoms. The molecular formula is C11H19O4P. The first-order chi connectivity index (χ1) is 7.33. The molecule has 5 heteroatoms. The van der Waals surface area contributed by atoms with Crippen molar-refractivity contribution in [2.45, 2.75) is 45.6 Å². The average Bonchev–Trinajstić information content (AvgIpc) is 2.12. The molecule has 0 radical (unpaired) electrons. The maximum atomic E-state index is 10.8. The third-order valence-electron chi connectivity index (χ3n) is 1.87. The average molecular weight is 246 g/mol. The summed E-state index contributed by atoms with van der Waals surface area (Å²) in [5.74, 6) is 5.56. The summed E-state index contributed by atoms with van der Waals surface area (Å²) in [7, 11) is -4.50. The fraction of sp³-hybridized carbons (Fsp3) is 0.636. The minimum atomic E-state index is -4.50. The Morgan fingerprint density at radius 2 is 2.12 bits per heavy atom. The van der Waals surface area contributed by atoms with Gasteiger partial charge in [-0.15, -0.1) is 5.92 Å². The van der Waals surface area contributed by atoms with Gasteiger partial charge in [-0.3, -0.25) is 4.52 Å². The molecule has 0 aliphatic heterocycles. The van der Waals surface area contributed by atoms with Crippen molar-refractivity contribution in [2.75, 3.05) is 0 Å². The largest absolute Gasteiger partial charge is 0.471 e. The van der Waals surface area contributed by atoms with Gasteiger partial charge in [0.1, 0.15) is 5.60 Å². The van der Waals surface area contributed by atoms with Crippen molar-refractivity contribution in [1.29, 1.82) is 0 Å². The highest BCUT2D eigenvalue weighted by atomic mass is 31.2. The Morgan fingerprint density at radius 1 is 1.50 bits per heavy atom. The van der Waals surface area contributed by atoms with Crippen LogP contribution in [0.4, 0.5) is 0 Å². The lowest BCUT2D eigenvalue weighted by Gasteiger charge is -2.23. The Kier molecular flexibility index (Phi) is 6.62. The van der Waals surface area contributed by atoms with Gasteiger partial charge < -0.3 is 9.79 Å². The molecule has 0 aromatic heterocycles. The summed E-state index contributed by atoms with van der Waals surface area (Å²) in [6, 6.07) is 0. The van der Waals surface area contributed by atoms with Crippen LogP contribution in [0.3, 0.4) is 0 Å². The highest BCUT2D eigenvalue weighted by molar-refractivity contribution is 7.46. The molecule has 0 rings (SSSR count). The second-order valence-electron chi connectivity index (χ2n) is 3.58. The molecule has 0 bridgehead atoms. The van der Waals surface area contributed by atoms with Crippen LogP contribution in [-0.4, -0.2) is 15.4 Å². The summed E-state index contributed by atoms with van der Waals surface area (Å²) < 4.78 is 15.6. The van der Waals surface area contributed by atoms with E-state index in [-0.39, 0.29) is 0 Å². The number of hydrogen-bond acceptors (Lipinski definition) is 2. The van der Waals surface area contributed by atoms with E-state index in [0.717, 1.165) is 0 Å². The van der Waals surface area contributed by atoms with E-state index in [0.29, 0.717) is 19.3 Å². The van der Waals surface area contributed by atoms with Gasteiger partial charge >= 0.3 is 7.82 Å². The van der Waals surface area contributed by atoms with E-state index < -0.39 is 13.4 Å². The summed E-state index contributed by atoms with van der Waals surface area (Å²) in [6.07, 6.45) is 5.55. The van der Waals surface area contributed by atoms with Crippen LogP contribution < -0.4 is 0 Å². The van der Waals surface area contributed by atoms with Crippen molar-refractivity contribution in [3.8, 4) is 11.8 Å². The monoisotopic (exact) mass is 246 g/mol. The van der Waals surface area contributed by atoms with Crippen LogP contribution in [0.25, 0.3) is 0 Å². The van der Waals surface area contributed by atoms with Crippen LogP contribution in [0, 0.1) is 11.8 Å². The molecule has 92 valence electrons. The van der Waals surface area contributed by atoms with Gasteiger partial charge in [-0.1, -0.05) is 25.0 Å². The molecule has 2 N–H and O–H groups in total. The molecule has 0 aromatic rings. The molecule has 0 fully saturated rings. The number of phosphoric ester groups is 1. The van der Waals surface area contributed by atoms with Crippen LogP contribution >= 0.6 is 7.82 Å². The summed E-state index contributed by atoms with van der Waals surface area (Å²) in [6.45, 7) is 5.36. The molecule has 0 heterocycles. The second kappa shape index (κ2) is 6.88. The molecule has 0 aliphatic carbocycles. The molecule has 4 nitrogen and oxygen atoms in total. The lowest BCUT2D eigenvalue weighted by Crippen LogP contribution is -2.25. The van der Waals surface area contributed by atoms with Crippen LogP contribution in [0.5, 0.6) is 0 Å². The molecule has 1 atom stereocenters. The molecule has 0 aliphatic rings. The smallest absolute Gasteiger partial charge is 0.303 e. The van der Waals surface area contributed by atoms with Crippen molar-refractivity contribution >= 4 is 7.82 Å². The SMILES string of the molecule is CC=CCCC(C)(C#CCC)OP(=O)(O)O. The highest BCUT2D eigenvalue weighted by Crippen LogP contribution is 2.42. The lowest BCUT2D eigenvalue weighted by molar-refractivity contribution is 0.0899. The molecule has 0 spiro atoms. The predicted molar refractivity (Wildman–Crippen MR) is 63.6 cm³/mol. The third-order valence-corrected chi connectivity index (χ3v) is 2.51. The van der Waals surface area contributed by atoms with Crippen molar-refractivity contribution in [2.24, 2.45) is 0 Å². The Bertz CT molecular complexity index is 334. The van der Waals surface area contributed by atoms with Gasteiger partial charge in [-0.25, -0.2) is 4.57 Å². The van der Waals surface area contributed by atoms with Gasteiger partial charge in [-0.05, 0) is 26.7 Å². The van der Waals surface area contributed by atoms with E-state index in [1.807, 2.05) is 26.0 Å². The maximum absolute atomic E-state index is 10.8. The van der Waals surface area contributed by atoms with Crippen LogP contribution in [-0.2, 0) is 9.09 Å². The maximum Gasteiger partial charge on any atom is 0.471 e. The van der Waals surface area contributed by atoms with Gasteiger partial charge in [0.05, 0.1) is 0 Å². The molecule has 0 aromatic carbocycles. The van der Waals surface area contributed by atoms with E-state index in [1.165, 1.54) is 0 Å². The first-order valence-corrected chi connectivity index (χ1v) is 6.73. The number of phosphoric acid groups is 1. The summed E-state index contributed by atoms with van der Waals surface area (Å²) in [5.41, 5.74) is -1.09. The highest BCUT2D eigenvalue weighted by Gasteiger charge is 2.31. The summed E-state index contributed by atoms with van der Waals surface area (Å²) >= 11 is 0. The van der Waals surface area contributed by atoms with Gasteiger partial charge in [0.25, 0.3) is 0 Å². The van der Waals surface area contributed by atoms with E-state index in [1.54, 1.807) is 6.92 Å². The topological polar surface area (TPSA) is 66.8 Å². The van der Waals surface area contributed by atoms with Crippen molar-refractivity contribution < 1.29 is 18.9 Å². The van der Waals surface area contributed by atoms with Crippen molar-refractivity contribution in [3.05, 3.63) is 12.2 Å². The van der Waals surface area contributed by atoms with E-state index in [9.17, 15) is 4.57 Å². The zero-order valence-electron chi connectivity index (χ0n) is 9.93. The number of hydrogen-bond donors (Lipinski definition) is 2. The third kappa shape index (κ3) is 7.67. The first kappa shape index (κ1) is 15.4. The normalized spacial score (nSPS) is 15.6. The van der Waals surface area contributed by atoms with Gasteiger partial charge in [0.2, 0.25) is 0 Å². The van der Waals surface area contributed by atoms with E-state index >= 15 is 0 Å². The van der Waals surface area contributed by atoms with Crippen molar-refractivity contribution in [1.82, 2.24) is 0 Å². The standard InChI is InChI=1S/C11H19O4P/c1-4-6-8-10-11(3,9-7-5-2)15-16(12,13)14/h4,6H,5,8,10H2,1-3H3,(H2,12,13,14). The van der Waals surface area contributed by atoms with Crippen molar-refractivity contribution in [3.63, 3.8) is 0 Å².